The van der Waals surface area contributed by atoms with E-state index >= 15 is 0 Å². The zero-order valence-electron chi connectivity index (χ0n) is 23.9. The predicted molar refractivity (Wildman–Crippen MR) is 163 cm³/mol. The van der Waals surface area contributed by atoms with E-state index in [0.717, 1.165) is 35.2 Å². The number of aromatic nitrogens is 4. The predicted octanol–water partition coefficient (Wildman–Crippen LogP) is 5.28. The van der Waals surface area contributed by atoms with E-state index in [4.69, 9.17) is 5.11 Å². The first-order chi connectivity index (χ1) is 20.9. The topological polar surface area (TPSA) is 142 Å². The number of benzene rings is 3. The van der Waals surface area contributed by atoms with Crippen LogP contribution in [0.2, 0.25) is 0 Å². The van der Waals surface area contributed by atoms with Crippen LogP contribution < -0.4 is 15.5 Å². The van der Waals surface area contributed by atoms with Crippen LogP contribution in [-0.2, 0) is 18.4 Å². The summed E-state index contributed by atoms with van der Waals surface area (Å²) < 4.78 is 0. The number of nitrogens with zero attached hydrogens (tertiary/aromatic N) is 5. The van der Waals surface area contributed by atoms with Crippen molar-refractivity contribution in [3.63, 3.8) is 0 Å². The average molecular weight is 580 g/mol. The molecule has 1 aliphatic carbocycles. The zero-order chi connectivity index (χ0) is 30.2. The Morgan fingerprint density at radius 3 is 2.44 bits per heavy atom. The zero-order valence-corrected chi connectivity index (χ0v) is 23.9. The van der Waals surface area contributed by atoms with Crippen molar-refractivity contribution in [1.29, 1.82) is 0 Å². The number of rotatable bonds is 10. The molecule has 0 atom stereocenters. The van der Waals surface area contributed by atoms with Gasteiger partial charge < -0.3 is 15.7 Å². The molecule has 11 heteroatoms. The molecule has 4 aromatic rings. The van der Waals surface area contributed by atoms with Gasteiger partial charge in [-0.05, 0) is 84.0 Å². The Hall–Kier alpha value is -5.32. The van der Waals surface area contributed by atoms with Crippen LogP contribution in [0.3, 0.4) is 0 Å². The summed E-state index contributed by atoms with van der Waals surface area (Å²) >= 11 is 0. The largest absolute Gasteiger partial charge is 0.481 e. The monoisotopic (exact) mass is 579 g/mol. The van der Waals surface area contributed by atoms with Gasteiger partial charge in [-0.3, -0.25) is 14.5 Å². The Labute approximate surface area is 249 Å². The second kappa shape index (κ2) is 13.6. The molecule has 0 fully saturated rings. The van der Waals surface area contributed by atoms with E-state index < -0.39 is 5.97 Å². The number of carbonyl (C=O) groups is 3. The van der Waals surface area contributed by atoms with E-state index in [9.17, 15) is 14.4 Å². The second-order valence-electron chi connectivity index (χ2n) is 10.3. The SMILES string of the molecule is Cn1nnc(-c2cccc(NC(=O)N(Cc3ccc(C(=O)NCCC(=O)O)cc3)c3ccc(C4=CCCCC4)cc3)c2)n1. The number of hydrogen-bond donors (Lipinski definition) is 3. The molecular weight excluding hydrogens is 546 g/mol. The lowest BCUT2D eigenvalue weighted by Crippen LogP contribution is -2.34. The highest BCUT2D eigenvalue weighted by Gasteiger charge is 2.19. The number of allylic oxidation sites excluding steroid dienone is 2. The molecule has 1 aliphatic rings. The number of aryl methyl sites for hydroxylation is 1. The molecule has 3 aromatic carbocycles. The van der Waals surface area contributed by atoms with Gasteiger partial charge in [0.15, 0.2) is 0 Å². The molecule has 1 heterocycles. The first kappa shape index (κ1) is 29.2. The van der Waals surface area contributed by atoms with E-state index in [1.165, 1.54) is 23.2 Å². The van der Waals surface area contributed by atoms with Gasteiger partial charge in [0.2, 0.25) is 5.82 Å². The van der Waals surface area contributed by atoms with Gasteiger partial charge in [0.05, 0.1) is 20.0 Å². The molecule has 3 N–H and O–H groups in total. The fourth-order valence-corrected chi connectivity index (χ4v) is 4.89. The Morgan fingerprint density at radius 1 is 0.977 bits per heavy atom. The number of carboxylic acid groups (broad SMARTS) is 1. The minimum absolute atomic E-state index is 0.0465. The number of aliphatic carboxylic acids is 1. The molecule has 43 heavy (non-hydrogen) atoms. The van der Waals surface area contributed by atoms with Crippen LogP contribution in [0.1, 0.15) is 53.6 Å². The normalized spacial score (nSPS) is 12.7. The molecular formula is C32H33N7O4. The first-order valence-corrected chi connectivity index (χ1v) is 14.2. The molecule has 0 spiro atoms. The Morgan fingerprint density at radius 2 is 1.77 bits per heavy atom. The number of amides is 3. The lowest BCUT2D eigenvalue weighted by molar-refractivity contribution is -0.136. The maximum Gasteiger partial charge on any atom is 0.326 e. The summed E-state index contributed by atoms with van der Waals surface area (Å²) in [5.41, 5.74) is 5.74. The summed E-state index contributed by atoms with van der Waals surface area (Å²) in [6.45, 7) is 0.297. The summed E-state index contributed by atoms with van der Waals surface area (Å²) in [6.07, 6.45) is 6.67. The van der Waals surface area contributed by atoms with Gasteiger partial charge in [-0.1, -0.05) is 42.5 Å². The van der Waals surface area contributed by atoms with Crippen LogP contribution in [-0.4, -0.2) is 49.8 Å². The quantitative estimate of drug-likeness (QED) is 0.232. The number of carboxylic acids is 1. The Bertz CT molecular complexity index is 1630. The van der Waals surface area contributed by atoms with Gasteiger partial charge in [-0.2, -0.15) is 4.80 Å². The summed E-state index contributed by atoms with van der Waals surface area (Å²) in [5.74, 6) is -0.878. The van der Waals surface area contributed by atoms with Crippen molar-refractivity contribution >= 4 is 34.9 Å². The third kappa shape index (κ3) is 7.70. The molecule has 1 aromatic heterocycles. The van der Waals surface area contributed by atoms with Crippen molar-refractivity contribution in [2.45, 2.75) is 38.6 Å². The third-order valence-corrected chi connectivity index (χ3v) is 7.15. The number of nitrogens with one attached hydrogen (secondary N) is 2. The van der Waals surface area contributed by atoms with Gasteiger partial charge in [0, 0.05) is 29.0 Å². The van der Waals surface area contributed by atoms with Crippen molar-refractivity contribution in [2.75, 3.05) is 16.8 Å². The van der Waals surface area contributed by atoms with Crippen molar-refractivity contribution in [3.8, 4) is 11.4 Å². The third-order valence-electron chi connectivity index (χ3n) is 7.15. The van der Waals surface area contributed by atoms with Crippen molar-refractivity contribution in [3.05, 3.63) is 95.6 Å². The smallest absolute Gasteiger partial charge is 0.326 e. The summed E-state index contributed by atoms with van der Waals surface area (Å²) in [7, 11) is 1.69. The minimum Gasteiger partial charge on any atom is -0.481 e. The molecule has 0 aliphatic heterocycles. The molecule has 0 radical (unpaired) electrons. The van der Waals surface area contributed by atoms with Crippen molar-refractivity contribution in [1.82, 2.24) is 25.5 Å². The molecule has 11 nitrogen and oxygen atoms in total. The molecule has 0 saturated heterocycles. The maximum atomic E-state index is 13.7. The van der Waals surface area contributed by atoms with Crippen LogP contribution in [0.15, 0.2) is 78.9 Å². The van der Waals surface area contributed by atoms with Gasteiger partial charge in [0.1, 0.15) is 0 Å². The maximum absolute atomic E-state index is 13.7. The Balaban J connectivity index is 1.36. The molecule has 220 valence electrons. The lowest BCUT2D eigenvalue weighted by atomic mass is 9.93. The van der Waals surface area contributed by atoms with Crippen LogP contribution in [0.4, 0.5) is 16.2 Å². The average Bonchev–Trinajstić information content (AvgIpc) is 3.47. The summed E-state index contributed by atoms with van der Waals surface area (Å²) in [5, 5.41) is 26.6. The highest BCUT2D eigenvalue weighted by molar-refractivity contribution is 6.02. The molecule has 3 amide bonds. The van der Waals surface area contributed by atoms with E-state index in [-0.39, 0.29) is 31.4 Å². The number of anilines is 2. The van der Waals surface area contributed by atoms with Crippen molar-refractivity contribution in [2.24, 2.45) is 7.05 Å². The lowest BCUT2D eigenvalue weighted by Gasteiger charge is -2.24. The standard InChI is InChI=1S/C32H33N7O4/c1-38-36-30(35-37-38)26-8-5-9-27(20-26)34-32(43)39(28-16-14-24(15-17-28)23-6-3-2-4-7-23)21-22-10-12-25(13-11-22)31(42)33-19-18-29(40)41/h5-6,8-17,20H,2-4,7,18-19,21H2,1H3,(H,33,42)(H,34,43)(H,40,41). The number of carbonyl (C=O) groups excluding carboxylic acids is 2. The van der Waals surface area contributed by atoms with Crippen LogP contribution in [0.25, 0.3) is 17.0 Å². The molecule has 0 bridgehead atoms. The fraction of sp³-hybridized carbons (Fsp3) is 0.250. The van der Waals surface area contributed by atoms with E-state index in [1.807, 2.05) is 24.3 Å². The number of urea groups is 1. The number of hydrogen-bond acceptors (Lipinski definition) is 6. The minimum atomic E-state index is -0.977. The first-order valence-electron chi connectivity index (χ1n) is 14.2. The summed E-state index contributed by atoms with van der Waals surface area (Å²) in [6, 6.07) is 21.8. The van der Waals surface area contributed by atoms with E-state index in [1.54, 1.807) is 48.3 Å². The van der Waals surface area contributed by atoms with Gasteiger partial charge in [-0.15, -0.1) is 10.2 Å². The van der Waals surface area contributed by atoms with Crippen molar-refractivity contribution < 1.29 is 19.5 Å². The van der Waals surface area contributed by atoms with Crippen LogP contribution in [0, 0.1) is 0 Å². The van der Waals surface area contributed by atoms with Gasteiger partial charge in [0.25, 0.3) is 5.91 Å². The van der Waals surface area contributed by atoms with Gasteiger partial charge >= 0.3 is 12.0 Å². The highest BCUT2D eigenvalue weighted by Crippen LogP contribution is 2.29. The van der Waals surface area contributed by atoms with E-state index in [2.05, 4.69) is 44.3 Å². The molecule has 0 saturated carbocycles. The van der Waals surface area contributed by atoms with E-state index in [0.29, 0.717) is 17.1 Å². The number of tetrazole rings is 1. The highest BCUT2D eigenvalue weighted by atomic mass is 16.4. The second-order valence-corrected chi connectivity index (χ2v) is 10.3. The molecule has 5 rings (SSSR count). The fourth-order valence-electron chi connectivity index (χ4n) is 4.89. The molecule has 0 unspecified atom stereocenters. The van der Waals surface area contributed by atoms with Crippen LogP contribution in [0.5, 0.6) is 0 Å². The van der Waals surface area contributed by atoms with Crippen LogP contribution >= 0.6 is 0 Å². The summed E-state index contributed by atoms with van der Waals surface area (Å²) in [4.78, 5) is 39.9. The Kier molecular flexibility index (Phi) is 9.20. The van der Waals surface area contributed by atoms with Gasteiger partial charge in [-0.25, -0.2) is 4.79 Å².